The molecule has 1 aromatic heterocycles. The second kappa shape index (κ2) is 9.66. The molecule has 1 fully saturated rings. The normalized spacial score (nSPS) is 17.0. The maximum Gasteiger partial charge on any atom is 0.295 e. The molecule has 1 aliphatic heterocycles. The van der Waals surface area contributed by atoms with Crippen molar-refractivity contribution in [3.8, 4) is 17.2 Å². The maximum atomic E-state index is 13.2. The van der Waals surface area contributed by atoms with Crippen molar-refractivity contribution in [1.29, 1.82) is 0 Å². The molecule has 2 heterocycles. The largest absolute Gasteiger partial charge is 0.507 e. The van der Waals surface area contributed by atoms with Crippen molar-refractivity contribution >= 4 is 17.4 Å². The van der Waals surface area contributed by atoms with E-state index < -0.39 is 17.7 Å². The number of nitrogens with zero attached hydrogens (tertiary/aromatic N) is 2. The van der Waals surface area contributed by atoms with Crippen LogP contribution in [0.5, 0.6) is 17.2 Å². The number of likely N-dealkylation sites (tertiary alicyclic amines) is 1. The van der Waals surface area contributed by atoms with Gasteiger partial charge in [0.1, 0.15) is 11.5 Å². The summed E-state index contributed by atoms with van der Waals surface area (Å²) in [6, 6.07) is 14.5. The zero-order valence-corrected chi connectivity index (χ0v) is 19.0. The lowest BCUT2D eigenvalue weighted by Gasteiger charge is -2.26. The Morgan fingerprint density at radius 1 is 0.971 bits per heavy atom. The molecule has 1 N–H and O–H groups in total. The summed E-state index contributed by atoms with van der Waals surface area (Å²) in [6.07, 6.45) is 3.26. The Bertz CT molecular complexity index is 1260. The lowest BCUT2D eigenvalue weighted by atomic mass is 9.94. The average Bonchev–Trinajstić information content (AvgIpc) is 3.13. The molecule has 34 heavy (non-hydrogen) atoms. The molecule has 2 aromatic carbocycles. The van der Waals surface area contributed by atoms with Gasteiger partial charge in [-0.3, -0.25) is 14.6 Å². The fourth-order valence-electron chi connectivity index (χ4n) is 4.03. The number of aromatic nitrogens is 1. The number of carbonyl (C=O) groups is 2. The molecule has 0 saturated carbocycles. The minimum absolute atomic E-state index is 0.0191. The van der Waals surface area contributed by atoms with Crippen molar-refractivity contribution in [2.24, 2.45) is 0 Å². The van der Waals surface area contributed by atoms with Crippen LogP contribution in [0.3, 0.4) is 0 Å². The molecule has 0 radical (unpaired) electrons. The van der Waals surface area contributed by atoms with Gasteiger partial charge in [0.2, 0.25) is 0 Å². The van der Waals surface area contributed by atoms with E-state index in [0.717, 1.165) is 5.56 Å². The molecule has 3 aromatic rings. The number of benzene rings is 2. The summed E-state index contributed by atoms with van der Waals surface area (Å²) in [5.74, 6) is -0.323. The van der Waals surface area contributed by atoms with Crippen LogP contribution in [-0.2, 0) is 16.1 Å². The topological polar surface area (TPSA) is 98.2 Å². The minimum atomic E-state index is -0.855. The summed E-state index contributed by atoms with van der Waals surface area (Å²) < 4.78 is 16.0. The number of methoxy groups -OCH3 is 3. The molecule has 1 atom stereocenters. The summed E-state index contributed by atoms with van der Waals surface area (Å²) in [6.45, 7) is 0.131. The van der Waals surface area contributed by atoms with Gasteiger partial charge in [-0.2, -0.15) is 0 Å². The molecule has 1 aliphatic rings. The standard InChI is InChI=1S/C26H24N2O6/c1-32-19-8-4-7-18(12-19)24(29)22-23(17-9-10-20(33-2)21(13-17)34-3)28(26(31)25(22)30)15-16-6-5-11-27-14-16/h4-14,23,29H,15H2,1-3H3/b24-22+/t23-/m0/s1. The second-order valence-corrected chi connectivity index (χ2v) is 7.63. The van der Waals surface area contributed by atoms with E-state index in [0.29, 0.717) is 28.4 Å². The molecule has 1 amide bonds. The van der Waals surface area contributed by atoms with Crippen molar-refractivity contribution in [1.82, 2.24) is 9.88 Å². The van der Waals surface area contributed by atoms with Crippen LogP contribution in [0.15, 0.2) is 72.6 Å². The summed E-state index contributed by atoms with van der Waals surface area (Å²) in [4.78, 5) is 31.9. The highest BCUT2D eigenvalue weighted by Gasteiger charge is 2.46. The van der Waals surface area contributed by atoms with E-state index >= 15 is 0 Å². The second-order valence-electron chi connectivity index (χ2n) is 7.63. The lowest BCUT2D eigenvalue weighted by molar-refractivity contribution is -0.140. The SMILES string of the molecule is COc1cccc(/C(O)=C2\C(=O)C(=O)N(Cc3cccnc3)[C@H]2c2ccc(OC)c(OC)c2)c1. The third-order valence-corrected chi connectivity index (χ3v) is 5.68. The molecule has 4 rings (SSSR count). The Morgan fingerprint density at radius 3 is 2.44 bits per heavy atom. The number of ether oxygens (including phenoxy) is 3. The van der Waals surface area contributed by atoms with E-state index in [9.17, 15) is 14.7 Å². The van der Waals surface area contributed by atoms with Gasteiger partial charge in [-0.25, -0.2) is 0 Å². The van der Waals surface area contributed by atoms with E-state index in [2.05, 4.69) is 4.98 Å². The first-order chi connectivity index (χ1) is 16.5. The van der Waals surface area contributed by atoms with Gasteiger partial charge >= 0.3 is 0 Å². The zero-order valence-electron chi connectivity index (χ0n) is 19.0. The highest BCUT2D eigenvalue weighted by Crippen LogP contribution is 2.42. The van der Waals surface area contributed by atoms with Crippen molar-refractivity contribution in [3.63, 3.8) is 0 Å². The molecule has 0 spiro atoms. The van der Waals surface area contributed by atoms with Gasteiger partial charge in [-0.15, -0.1) is 0 Å². The third kappa shape index (κ3) is 4.17. The number of hydrogen-bond acceptors (Lipinski definition) is 7. The van der Waals surface area contributed by atoms with Crippen molar-refractivity contribution in [3.05, 3.63) is 89.3 Å². The molecule has 8 nitrogen and oxygen atoms in total. The first-order valence-electron chi connectivity index (χ1n) is 10.5. The number of ketones is 1. The monoisotopic (exact) mass is 460 g/mol. The van der Waals surface area contributed by atoms with Gasteiger partial charge in [0.15, 0.2) is 11.5 Å². The van der Waals surface area contributed by atoms with Crippen LogP contribution in [0.2, 0.25) is 0 Å². The number of pyridine rings is 1. The van der Waals surface area contributed by atoms with Gasteiger partial charge in [-0.1, -0.05) is 24.3 Å². The third-order valence-electron chi connectivity index (χ3n) is 5.68. The van der Waals surface area contributed by atoms with Gasteiger partial charge in [-0.05, 0) is 41.5 Å². The number of Topliss-reactive ketones (excluding diaryl/α,β-unsaturated/α-hetero) is 1. The first kappa shape index (κ1) is 22.8. The number of amides is 1. The highest BCUT2D eigenvalue weighted by molar-refractivity contribution is 6.46. The van der Waals surface area contributed by atoms with E-state index in [4.69, 9.17) is 14.2 Å². The predicted molar refractivity (Wildman–Crippen MR) is 125 cm³/mol. The molecule has 0 bridgehead atoms. The van der Waals surface area contributed by atoms with Crippen LogP contribution in [-0.4, -0.2) is 48.0 Å². The Kier molecular flexibility index (Phi) is 6.49. The quantitative estimate of drug-likeness (QED) is 0.326. The maximum absolute atomic E-state index is 13.2. The van der Waals surface area contributed by atoms with Crippen molar-refractivity contribution < 1.29 is 28.9 Å². The average molecular weight is 460 g/mol. The number of aliphatic hydroxyl groups excluding tert-OH is 1. The Balaban J connectivity index is 1.90. The van der Waals surface area contributed by atoms with E-state index in [1.807, 2.05) is 6.07 Å². The van der Waals surface area contributed by atoms with Crippen LogP contribution in [0.1, 0.15) is 22.7 Å². The van der Waals surface area contributed by atoms with Crippen LogP contribution in [0.4, 0.5) is 0 Å². The molecule has 1 saturated heterocycles. The summed E-state index contributed by atoms with van der Waals surface area (Å²) in [5, 5.41) is 11.2. The van der Waals surface area contributed by atoms with Crippen molar-refractivity contribution in [2.45, 2.75) is 12.6 Å². The Morgan fingerprint density at radius 2 is 1.76 bits per heavy atom. The van der Waals surface area contributed by atoms with E-state index in [1.165, 1.54) is 26.2 Å². The highest BCUT2D eigenvalue weighted by atomic mass is 16.5. The van der Waals surface area contributed by atoms with Gasteiger partial charge in [0.25, 0.3) is 11.7 Å². The van der Waals surface area contributed by atoms with Crippen LogP contribution >= 0.6 is 0 Å². The van der Waals surface area contributed by atoms with Gasteiger partial charge < -0.3 is 24.2 Å². The number of hydrogen-bond donors (Lipinski definition) is 1. The smallest absolute Gasteiger partial charge is 0.295 e. The first-order valence-corrected chi connectivity index (χ1v) is 10.5. The molecular formula is C26H24N2O6. The molecule has 0 aliphatic carbocycles. The lowest BCUT2D eigenvalue weighted by Crippen LogP contribution is -2.29. The number of rotatable bonds is 7. The number of aliphatic hydroxyl groups is 1. The minimum Gasteiger partial charge on any atom is -0.507 e. The molecule has 174 valence electrons. The predicted octanol–water partition coefficient (Wildman–Crippen LogP) is 3.73. The van der Waals surface area contributed by atoms with E-state index in [1.54, 1.807) is 60.9 Å². The Hall–Kier alpha value is -4.33. The summed E-state index contributed by atoms with van der Waals surface area (Å²) in [7, 11) is 4.54. The summed E-state index contributed by atoms with van der Waals surface area (Å²) >= 11 is 0. The van der Waals surface area contributed by atoms with Crippen LogP contribution < -0.4 is 14.2 Å². The summed E-state index contributed by atoms with van der Waals surface area (Å²) in [5.41, 5.74) is 1.68. The van der Waals surface area contributed by atoms with Crippen LogP contribution in [0, 0.1) is 0 Å². The Labute approximate surface area is 197 Å². The fraction of sp³-hybridized carbons (Fsp3) is 0.192. The fourth-order valence-corrected chi connectivity index (χ4v) is 4.03. The van der Waals surface area contributed by atoms with Crippen LogP contribution in [0.25, 0.3) is 5.76 Å². The molecule has 8 heteroatoms. The molecular weight excluding hydrogens is 436 g/mol. The zero-order chi connectivity index (χ0) is 24.2. The molecule has 0 unspecified atom stereocenters. The van der Waals surface area contributed by atoms with E-state index in [-0.39, 0.29) is 17.9 Å². The van der Waals surface area contributed by atoms with Gasteiger partial charge in [0, 0.05) is 24.5 Å². The van der Waals surface area contributed by atoms with Gasteiger partial charge in [0.05, 0.1) is 32.9 Å². The van der Waals surface area contributed by atoms with Crippen molar-refractivity contribution in [2.75, 3.05) is 21.3 Å². The number of carbonyl (C=O) groups excluding carboxylic acids is 2.